The number of nitrogen functional groups attached to an aromatic ring is 1. The summed E-state index contributed by atoms with van der Waals surface area (Å²) >= 11 is 6.73. The molecule has 0 spiro atoms. The molecule has 0 aliphatic rings. The number of rotatable bonds is 5. The SMILES string of the molecule is Cc1ccc(C(Oc2ccccc2N)(c2ccccc2)c2ccccc2Cl)cc1. The van der Waals surface area contributed by atoms with Crippen LogP contribution in [0.5, 0.6) is 5.75 Å². The highest BCUT2D eigenvalue weighted by molar-refractivity contribution is 6.31. The zero-order valence-corrected chi connectivity index (χ0v) is 16.9. The number of nitrogens with two attached hydrogens (primary N) is 1. The quantitative estimate of drug-likeness (QED) is 0.303. The van der Waals surface area contributed by atoms with Crippen LogP contribution in [-0.2, 0) is 5.60 Å². The number of halogens is 1. The molecule has 4 aromatic carbocycles. The van der Waals surface area contributed by atoms with E-state index < -0.39 is 5.60 Å². The smallest absolute Gasteiger partial charge is 0.186 e. The van der Waals surface area contributed by atoms with Gasteiger partial charge in [0, 0.05) is 21.7 Å². The van der Waals surface area contributed by atoms with Gasteiger partial charge in [0.25, 0.3) is 0 Å². The molecule has 144 valence electrons. The monoisotopic (exact) mass is 399 g/mol. The van der Waals surface area contributed by atoms with Gasteiger partial charge in [0.15, 0.2) is 5.60 Å². The average molecular weight is 400 g/mol. The first-order chi connectivity index (χ1) is 14.1. The fourth-order valence-electron chi connectivity index (χ4n) is 3.60. The summed E-state index contributed by atoms with van der Waals surface area (Å²) in [5, 5.41) is 0.631. The van der Waals surface area contributed by atoms with Gasteiger partial charge in [-0.25, -0.2) is 0 Å². The molecule has 0 bridgehead atoms. The molecule has 0 aromatic heterocycles. The van der Waals surface area contributed by atoms with Crippen LogP contribution in [0.15, 0.2) is 103 Å². The van der Waals surface area contributed by atoms with Crippen LogP contribution in [0.2, 0.25) is 5.02 Å². The first kappa shape index (κ1) is 19.1. The summed E-state index contributed by atoms with van der Waals surface area (Å²) in [6, 6.07) is 33.8. The fraction of sp³-hybridized carbons (Fsp3) is 0.0769. The molecule has 4 rings (SSSR count). The Hall–Kier alpha value is -3.23. The molecule has 0 saturated heterocycles. The van der Waals surface area contributed by atoms with Crippen molar-refractivity contribution in [2.45, 2.75) is 12.5 Å². The maximum atomic E-state index is 6.80. The van der Waals surface area contributed by atoms with Gasteiger partial charge in [-0.2, -0.15) is 0 Å². The largest absolute Gasteiger partial charge is 0.471 e. The van der Waals surface area contributed by atoms with Crippen molar-refractivity contribution in [1.29, 1.82) is 0 Å². The van der Waals surface area contributed by atoms with E-state index >= 15 is 0 Å². The Morgan fingerprint density at radius 1 is 0.690 bits per heavy atom. The van der Waals surface area contributed by atoms with Crippen molar-refractivity contribution >= 4 is 17.3 Å². The van der Waals surface area contributed by atoms with E-state index in [2.05, 4.69) is 43.3 Å². The lowest BCUT2D eigenvalue weighted by atomic mass is 9.79. The van der Waals surface area contributed by atoms with Crippen molar-refractivity contribution in [3.8, 4) is 5.75 Å². The Morgan fingerprint density at radius 2 is 1.28 bits per heavy atom. The number of hydrogen-bond acceptors (Lipinski definition) is 2. The van der Waals surface area contributed by atoms with Crippen LogP contribution < -0.4 is 10.5 Å². The van der Waals surface area contributed by atoms with E-state index in [1.807, 2.05) is 66.7 Å². The van der Waals surface area contributed by atoms with Gasteiger partial charge in [0.1, 0.15) is 5.75 Å². The molecule has 0 radical (unpaired) electrons. The molecule has 0 aliphatic carbocycles. The molecular formula is C26H22ClNO. The van der Waals surface area contributed by atoms with Gasteiger partial charge < -0.3 is 10.5 Å². The molecule has 0 amide bonds. The Kier molecular flexibility index (Phi) is 5.28. The third-order valence-electron chi connectivity index (χ3n) is 5.07. The summed E-state index contributed by atoms with van der Waals surface area (Å²) in [5.41, 5.74) is 9.87. The minimum absolute atomic E-state index is 0.576. The molecule has 2 nitrogen and oxygen atoms in total. The van der Waals surface area contributed by atoms with Crippen molar-refractivity contribution < 1.29 is 4.74 Å². The van der Waals surface area contributed by atoms with Gasteiger partial charge in [-0.15, -0.1) is 0 Å². The Morgan fingerprint density at radius 3 is 1.97 bits per heavy atom. The highest BCUT2D eigenvalue weighted by Gasteiger charge is 2.41. The minimum Gasteiger partial charge on any atom is -0.471 e. The molecule has 29 heavy (non-hydrogen) atoms. The second-order valence-electron chi connectivity index (χ2n) is 7.03. The molecule has 0 fully saturated rings. The fourth-order valence-corrected chi connectivity index (χ4v) is 3.87. The molecule has 0 saturated carbocycles. The number of aryl methyl sites for hydroxylation is 1. The maximum absolute atomic E-state index is 6.80. The molecule has 4 aromatic rings. The number of ether oxygens (including phenoxy) is 1. The van der Waals surface area contributed by atoms with Crippen molar-refractivity contribution in [2.75, 3.05) is 5.73 Å². The molecule has 0 heterocycles. The number of para-hydroxylation sites is 2. The van der Waals surface area contributed by atoms with Gasteiger partial charge in [0.05, 0.1) is 5.69 Å². The van der Waals surface area contributed by atoms with Crippen LogP contribution in [0.1, 0.15) is 22.3 Å². The molecule has 0 aliphatic heterocycles. The Balaban J connectivity index is 2.06. The van der Waals surface area contributed by atoms with Crippen molar-refractivity contribution in [3.05, 3.63) is 130 Å². The number of hydrogen-bond donors (Lipinski definition) is 1. The van der Waals surface area contributed by atoms with Gasteiger partial charge in [-0.05, 0) is 25.1 Å². The number of anilines is 1. The van der Waals surface area contributed by atoms with E-state index in [0.717, 1.165) is 16.7 Å². The summed E-state index contributed by atoms with van der Waals surface area (Å²) in [4.78, 5) is 0. The van der Waals surface area contributed by atoms with Crippen molar-refractivity contribution in [2.24, 2.45) is 0 Å². The summed E-state index contributed by atoms with van der Waals surface area (Å²) < 4.78 is 6.80. The summed E-state index contributed by atoms with van der Waals surface area (Å²) in [6.07, 6.45) is 0. The maximum Gasteiger partial charge on any atom is 0.186 e. The van der Waals surface area contributed by atoms with Gasteiger partial charge in [-0.1, -0.05) is 102 Å². The Bertz CT molecular complexity index is 1110. The molecule has 1 atom stereocenters. The van der Waals surface area contributed by atoms with Crippen LogP contribution in [0.4, 0.5) is 5.69 Å². The minimum atomic E-state index is -0.956. The molecule has 3 heteroatoms. The molecule has 2 N–H and O–H groups in total. The molecule has 1 unspecified atom stereocenters. The van der Waals surface area contributed by atoms with E-state index in [9.17, 15) is 0 Å². The number of benzene rings is 4. The normalized spacial score (nSPS) is 12.9. The average Bonchev–Trinajstić information content (AvgIpc) is 2.75. The van der Waals surface area contributed by atoms with Crippen LogP contribution in [0.25, 0.3) is 0 Å². The van der Waals surface area contributed by atoms with Crippen LogP contribution in [0, 0.1) is 6.92 Å². The second kappa shape index (κ2) is 8.02. The van der Waals surface area contributed by atoms with Gasteiger partial charge in [-0.3, -0.25) is 0 Å². The first-order valence-corrected chi connectivity index (χ1v) is 9.90. The highest BCUT2D eigenvalue weighted by atomic mass is 35.5. The lowest BCUT2D eigenvalue weighted by Gasteiger charge is -2.37. The predicted molar refractivity (Wildman–Crippen MR) is 120 cm³/mol. The van der Waals surface area contributed by atoms with Crippen molar-refractivity contribution in [1.82, 2.24) is 0 Å². The highest BCUT2D eigenvalue weighted by Crippen LogP contribution is 2.44. The molecular weight excluding hydrogens is 378 g/mol. The lowest BCUT2D eigenvalue weighted by molar-refractivity contribution is 0.156. The van der Waals surface area contributed by atoms with Crippen LogP contribution >= 0.6 is 11.6 Å². The van der Waals surface area contributed by atoms with Crippen molar-refractivity contribution in [3.63, 3.8) is 0 Å². The van der Waals surface area contributed by atoms with Gasteiger partial charge in [0.2, 0.25) is 0 Å². The zero-order chi connectivity index (χ0) is 20.3. The van der Waals surface area contributed by atoms with Crippen LogP contribution in [-0.4, -0.2) is 0 Å². The van der Waals surface area contributed by atoms with E-state index in [4.69, 9.17) is 22.1 Å². The first-order valence-electron chi connectivity index (χ1n) is 9.52. The summed E-state index contributed by atoms with van der Waals surface area (Å²) in [5.74, 6) is 0.608. The second-order valence-corrected chi connectivity index (χ2v) is 7.44. The lowest BCUT2D eigenvalue weighted by Crippen LogP contribution is -2.36. The standard InChI is InChI=1S/C26H22ClNO/c1-19-15-17-21(18-16-19)26(20-9-3-2-4-10-20,22-11-5-6-12-23(22)27)29-25-14-8-7-13-24(25)28/h2-18H,28H2,1H3. The summed E-state index contributed by atoms with van der Waals surface area (Å²) in [6.45, 7) is 2.07. The topological polar surface area (TPSA) is 35.2 Å². The van der Waals surface area contributed by atoms with E-state index in [-0.39, 0.29) is 0 Å². The van der Waals surface area contributed by atoms with Crippen LogP contribution in [0.3, 0.4) is 0 Å². The third-order valence-corrected chi connectivity index (χ3v) is 5.40. The van der Waals surface area contributed by atoms with Gasteiger partial charge >= 0.3 is 0 Å². The van der Waals surface area contributed by atoms with E-state index in [1.165, 1.54) is 5.56 Å². The summed E-state index contributed by atoms with van der Waals surface area (Å²) in [7, 11) is 0. The zero-order valence-electron chi connectivity index (χ0n) is 16.2. The third kappa shape index (κ3) is 3.59. The van der Waals surface area contributed by atoms with E-state index in [0.29, 0.717) is 16.5 Å². The predicted octanol–water partition coefficient (Wildman–Crippen LogP) is 6.60. The van der Waals surface area contributed by atoms with E-state index in [1.54, 1.807) is 0 Å². The Labute approximate surface area is 176 Å².